The Balaban J connectivity index is 1.75. The van der Waals surface area contributed by atoms with Crippen LogP contribution in [0.3, 0.4) is 0 Å². The Labute approximate surface area is 127 Å². The molecular formula is C17H26N2O2. The van der Waals surface area contributed by atoms with Crippen molar-refractivity contribution in [1.29, 1.82) is 0 Å². The number of carbonyl (C=O) groups excluding carboxylic acids is 1. The number of anilines is 1. The van der Waals surface area contributed by atoms with Gasteiger partial charge in [0.25, 0.3) is 0 Å². The lowest BCUT2D eigenvalue weighted by atomic mass is 10.1. The Morgan fingerprint density at radius 2 is 2.33 bits per heavy atom. The van der Waals surface area contributed by atoms with Gasteiger partial charge in [0.2, 0.25) is 5.91 Å². The summed E-state index contributed by atoms with van der Waals surface area (Å²) in [6, 6.07) is 8.03. The van der Waals surface area contributed by atoms with E-state index in [1.807, 2.05) is 18.2 Å². The zero-order valence-electron chi connectivity index (χ0n) is 12.9. The minimum Gasteiger partial charge on any atom is -0.378 e. The molecule has 1 aromatic rings. The Bertz CT molecular complexity index is 442. The quantitative estimate of drug-likeness (QED) is 0.723. The monoisotopic (exact) mass is 290 g/mol. The van der Waals surface area contributed by atoms with E-state index in [9.17, 15) is 4.79 Å². The number of carbonyl (C=O) groups is 1. The van der Waals surface area contributed by atoms with Crippen LogP contribution in [0.15, 0.2) is 24.3 Å². The fourth-order valence-corrected chi connectivity index (χ4v) is 2.56. The molecule has 1 aromatic carbocycles. The van der Waals surface area contributed by atoms with Crippen LogP contribution in [0.4, 0.5) is 5.69 Å². The highest BCUT2D eigenvalue weighted by atomic mass is 16.5. The molecule has 0 saturated carbocycles. The van der Waals surface area contributed by atoms with Crippen LogP contribution in [0, 0.1) is 0 Å². The maximum atomic E-state index is 12.0. The predicted molar refractivity (Wildman–Crippen MR) is 85.3 cm³/mol. The zero-order valence-corrected chi connectivity index (χ0v) is 12.9. The standard InChI is InChI=1S/C17H26N2O2/c1-2-10-18-13-14-5-3-6-15(12-14)19-17(20)9-8-16-7-4-11-21-16/h3,5-6,12,16,18H,2,4,7-11,13H2,1H3,(H,19,20). The molecule has 21 heavy (non-hydrogen) atoms. The summed E-state index contributed by atoms with van der Waals surface area (Å²) in [6.07, 6.45) is 4.97. The molecule has 1 saturated heterocycles. The first-order valence-corrected chi connectivity index (χ1v) is 7.99. The Hall–Kier alpha value is -1.39. The van der Waals surface area contributed by atoms with Gasteiger partial charge in [0.15, 0.2) is 0 Å². The summed E-state index contributed by atoms with van der Waals surface area (Å²) in [5.74, 6) is 0.0733. The van der Waals surface area contributed by atoms with E-state index < -0.39 is 0 Å². The molecular weight excluding hydrogens is 264 g/mol. The van der Waals surface area contributed by atoms with Gasteiger partial charge in [-0.1, -0.05) is 19.1 Å². The summed E-state index contributed by atoms with van der Waals surface area (Å²) in [5.41, 5.74) is 2.07. The number of amides is 1. The third-order valence-corrected chi connectivity index (χ3v) is 3.68. The second kappa shape index (κ2) is 8.80. The van der Waals surface area contributed by atoms with E-state index in [1.54, 1.807) is 0 Å². The van der Waals surface area contributed by atoms with Gasteiger partial charge in [-0.2, -0.15) is 0 Å². The average Bonchev–Trinajstić information content (AvgIpc) is 2.99. The predicted octanol–water partition coefficient (Wildman–Crippen LogP) is 3.08. The Kier molecular flexibility index (Phi) is 6.70. The molecule has 4 heteroatoms. The number of ether oxygens (including phenoxy) is 1. The van der Waals surface area contributed by atoms with Gasteiger partial charge in [-0.15, -0.1) is 0 Å². The van der Waals surface area contributed by atoms with Gasteiger partial charge in [-0.05, 0) is 49.9 Å². The topological polar surface area (TPSA) is 50.4 Å². The number of hydrogen-bond donors (Lipinski definition) is 2. The van der Waals surface area contributed by atoms with Gasteiger partial charge < -0.3 is 15.4 Å². The van der Waals surface area contributed by atoms with Crippen molar-refractivity contribution < 1.29 is 9.53 Å². The molecule has 4 nitrogen and oxygen atoms in total. The fourth-order valence-electron chi connectivity index (χ4n) is 2.56. The van der Waals surface area contributed by atoms with Crippen LogP contribution in [0.1, 0.15) is 44.6 Å². The van der Waals surface area contributed by atoms with E-state index in [-0.39, 0.29) is 12.0 Å². The van der Waals surface area contributed by atoms with Crippen molar-refractivity contribution in [2.24, 2.45) is 0 Å². The summed E-state index contributed by atoms with van der Waals surface area (Å²) in [6.45, 7) is 4.85. The molecule has 1 aliphatic rings. The molecule has 2 rings (SSSR count). The van der Waals surface area contributed by atoms with Crippen molar-refractivity contribution in [3.63, 3.8) is 0 Å². The van der Waals surface area contributed by atoms with Crippen LogP contribution in [-0.2, 0) is 16.1 Å². The van der Waals surface area contributed by atoms with Crippen LogP contribution in [0.25, 0.3) is 0 Å². The minimum atomic E-state index is 0.0733. The lowest BCUT2D eigenvalue weighted by molar-refractivity contribution is -0.116. The number of rotatable bonds is 8. The molecule has 0 aromatic heterocycles. The van der Waals surface area contributed by atoms with Gasteiger partial charge >= 0.3 is 0 Å². The van der Waals surface area contributed by atoms with Gasteiger partial charge in [0, 0.05) is 25.3 Å². The van der Waals surface area contributed by atoms with E-state index >= 15 is 0 Å². The lowest BCUT2D eigenvalue weighted by Gasteiger charge is -2.10. The number of hydrogen-bond acceptors (Lipinski definition) is 3. The largest absolute Gasteiger partial charge is 0.378 e. The smallest absolute Gasteiger partial charge is 0.224 e. The summed E-state index contributed by atoms with van der Waals surface area (Å²) in [4.78, 5) is 12.0. The van der Waals surface area contributed by atoms with E-state index in [2.05, 4.69) is 23.6 Å². The van der Waals surface area contributed by atoms with Gasteiger partial charge in [-0.25, -0.2) is 0 Å². The summed E-state index contributed by atoms with van der Waals surface area (Å²) in [7, 11) is 0. The first-order chi connectivity index (χ1) is 10.3. The molecule has 0 aliphatic carbocycles. The first kappa shape index (κ1) is 16.0. The van der Waals surface area contributed by atoms with Crippen LogP contribution >= 0.6 is 0 Å². The Morgan fingerprint density at radius 1 is 1.43 bits per heavy atom. The molecule has 1 fully saturated rings. The summed E-state index contributed by atoms with van der Waals surface area (Å²) < 4.78 is 5.54. The summed E-state index contributed by atoms with van der Waals surface area (Å²) >= 11 is 0. The molecule has 1 unspecified atom stereocenters. The van der Waals surface area contributed by atoms with E-state index in [4.69, 9.17) is 4.74 Å². The van der Waals surface area contributed by atoms with Crippen LogP contribution in [0.5, 0.6) is 0 Å². The molecule has 0 bridgehead atoms. The van der Waals surface area contributed by atoms with Crippen molar-refractivity contribution in [2.75, 3.05) is 18.5 Å². The highest BCUT2D eigenvalue weighted by Gasteiger charge is 2.16. The van der Waals surface area contributed by atoms with E-state index in [0.717, 1.165) is 51.1 Å². The van der Waals surface area contributed by atoms with Crippen molar-refractivity contribution in [3.8, 4) is 0 Å². The van der Waals surface area contributed by atoms with Crippen LogP contribution in [-0.4, -0.2) is 25.2 Å². The second-order valence-corrected chi connectivity index (χ2v) is 5.60. The maximum absolute atomic E-state index is 12.0. The van der Waals surface area contributed by atoms with Crippen molar-refractivity contribution in [1.82, 2.24) is 5.32 Å². The Morgan fingerprint density at radius 3 is 3.10 bits per heavy atom. The van der Waals surface area contributed by atoms with Gasteiger partial charge in [-0.3, -0.25) is 4.79 Å². The zero-order chi connectivity index (χ0) is 14.9. The molecule has 2 N–H and O–H groups in total. The third-order valence-electron chi connectivity index (χ3n) is 3.68. The minimum absolute atomic E-state index is 0.0733. The summed E-state index contributed by atoms with van der Waals surface area (Å²) in [5, 5.41) is 6.34. The average molecular weight is 290 g/mol. The third kappa shape index (κ3) is 5.86. The molecule has 116 valence electrons. The van der Waals surface area contributed by atoms with Crippen molar-refractivity contribution in [2.45, 2.75) is 51.7 Å². The fraction of sp³-hybridized carbons (Fsp3) is 0.588. The van der Waals surface area contributed by atoms with E-state index in [0.29, 0.717) is 6.42 Å². The number of benzene rings is 1. The first-order valence-electron chi connectivity index (χ1n) is 7.99. The van der Waals surface area contributed by atoms with Crippen molar-refractivity contribution >= 4 is 11.6 Å². The molecule has 1 atom stereocenters. The number of nitrogens with one attached hydrogen (secondary N) is 2. The molecule has 1 aliphatic heterocycles. The van der Waals surface area contributed by atoms with Crippen LogP contribution in [0.2, 0.25) is 0 Å². The second-order valence-electron chi connectivity index (χ2n) is 5.60. The normalized spacial score (nSPS) is 17.9. The molecule has 1 heterocycles. The molecule has 0 spiro atoms. The van der Waals surface area contributed by atoms with Gasteiger partial charge in [0.05, 0.1) is 6.10 Å². The van der Waals surface area contributed by atoms with E-state index in [1.165, 1.54) is 5.56 Å². The lowest BCUT2D eigenvalue weighted by Crippen LogP contribution is -2.16. The molecule has 0 radical (unpaired) electrons. The van der Waals surface area contributed by atoms with Gasteiger partial charge in [0.1, 0.15) is 0 Å². The maximum Gasteiger partial charge on any atom is 0.224 e. The highest BCUT2D eigenvalue weighted by molar-refractivity contribution is 5.90. The highest BCUT2D eigenvalue weighted by Crippen LogP contribution is 2.17. The van der Waals surface area contributed by atoms with Crippen molar-refractivity contribution in [3.05, 3.63) is 29.8 Å². The molecule has 1 amide bonds. The SMILES string of the molecule is CCCNCc1cccc(NC(=O)CCC2CCCO2)c1. The van der Waals surface area contributed by atoms with Crippen LogP contribution < -0.4 is 10.6 Å².